The van der Waals surface area contributed by atoms with Crippen LogP contribution in [0.15, 0.2) is 48.5 Å². The van der Waals surface area contributed by atoms with Gasteiger partial charge in [-0.15, -0.1) is 0 Å². The smallest absolute Gasteiger partial charge is 0.261 e. The number of nitrogens with zero attached hydrogens (tertiary/aromatic N) is 1. The lowest BCUT2D eigenvalue weighted by atomic mass is 10.1. The van der Waals surface area contributed by atoms with E-state index in [0.29, 0.717) is 23.7 Å². The highest BCUT2D eigenvalue weighted by Crippen LogP contribution is 2.21. The predicted octanol–water partition coefficient (Wildman–Crippen LogP) is 4.01. The minimum Gasteiger partial charge on any atom is -0.484 e. The van der Waals surface area contributed by atoms with Crippen LogP contribution in [0.1, 0.15) is 31.9 Å². The lowest BCUT2D eigenvalue weighted by Gasteiger charge is -2.29. The Morgan fingerprint density at radius 3 is 2.41 bits per heavy atom. The van der Waals surface area contributed by atoms with Crippen LogP contribution in [-0.2, 0) is 16.0 Å². The minimum atomic E-state index is -0.593. The van der Waals surface area contributed by atoms with E-state index in [1.165, 1.54) is 0 Å². The summed E-state index contributed by atoms with van der Waals surface area (Å²) in [4.78, 5) is 27.0. The molecule has 0 aliphatic rings. The number of benzene rings is 2. The molecule has 1 N–H and O–H groups in total. The molecule has 0 fully saturated rings. The summed E-state index contributed by atoms with van der Waals surface area (Å²) in [5.41, 5.74) is 1.98. The molecule has 2 amide bonds. The second-order valence-electron chi connectivity index (χ2n) is 7.36. The van der Waals surface area contributed by atoms with Gasteiger partial charge in [0.1, 0.15) is 11.8 Å². The van der Waals surface area contributed by atoms with Gasteiger partial charge in [0.2, 0.25) is 5.91 Å². The van der Waals surface area contributed by atoms with E-state index in [1.807, 2.05) is 51.1 Å². The van der Waals surface area contributed by atoms with Crippen LogP contribution in [0.3, 0.4) is 0 Å². The van der Waals surface area contributed by atoms with Crippen LogP contribution in [0.4, 0.5) is 0 Å². The quantitative estimate of drug-likeness (QED) is 0.671. The van der Waals surface area contributed by atoms with Crippen molar-refractivity contribution >= 4 is 23.4 Å². The van der Waals surface area contributed by atoms with Crippen LogP contribution in [0, 0.1) is 6.92 Å². The van der Waals surface area contributed by atoms with Gasteiger partial charge in [0.15, 0.2) is 6.61 Å². The third kappa shape index (κ3) is 7.09. The summed E-state index contributed by atoms with van der Waals surface area (Å²) in [6.07, 6.45) is 0.659. The van der Waals surface area contributed by atoms with Crippen molar-refractivity contribution in [2.45, 2.75) is 46.2 Å². The number of carbonyl (C=O) groups is 2. The highest BCUT2D eigenvalue weighted by atomic mass is 35.5. The number of hydrogen-bond donors (Lipinski definition) is 1. The molecule has 5 nitrogen and oxygen atoms in total. The van der Waals surface area contributed by atoms with E-state index >= 15 is 0 Å². The Morgan fingerprint density at radius 2 is 1.79 bits per heavy atom. The monoisotopic (exact) mass is 416 g/mol. The lowest BCUT2D eigenvalue weighted by Crippen LogP contribution is -2.51. The van der Waals surface area contributed by atoms with E-state index in [2.05, 4.69) is 5.32 Å². The zero-order valence-corrected chi connectivity index (χ0v) is 18.2. The largest absolute Gasteiger partial charge is 0.484 e. The van der Waals surface area contributed by atoms with Crippen molar-refractivity contribution in [1.29, 1.82) is 0 Å². The van der Waals surface area contributed by atoms with E-state index in [0.717, 1.165) is 11.1 Å². The maximum absolute atomic E-state index is 12.9. The minimum absolute atomic E-state index is 0.00400. The number of halogens is 1. The van der Waals surface area contributed by atoms with Crippen molar-refractivity contribution in [3.63, 3.8) is 0 Å². The molecule has 2 aromatic rings. The Labute approximate surface area is 178 Å². The van der Waals surface area contributed by atoms with Gasteiger partial charge < -0.3 is 15.0 Å². The van der Waals surface area contributed by atoms with E-state index in [-0.39, 0.29) is 24.5 Å². The first-order chi connectivity index (χ1) is 13.8. The Morgan fingerprint density at radius 1 is 1.10 bits per heavy atom. The predicted molar refractivity (Wildman–Crippen MR) is 116 cm³/mol. The fourth-order valence-electron chi connectivity index (χ4n) is 2.91. The first kappa shape index (κ1) is 22.8. The molecule has 0 aliphatic heterocycles. The molecule has 0 bridgehead atoms. The number of hydrogen-bond acceptors (Lipinski definition) is 3. The van der Waals surface area contributed by atoms with Crippen LogP contribution in [-0.4, -0.2) is 41.9 Å². The van der Waals surface area contributed by atoms with E-state index in [9.17, 15) is 9.59 Å². The molecule has 2 rings (SSSR count). The molecule has 0 heterocycles. The number of rotatable bonds is 9. The first-order valence-electron chi connectivity index (χ1n) is 9.80. The average Bonchev–Trinajstić information content (AvgIpc) is 2.69. The molecule has 6 heteroatoms. The maximum Gasteiger partial charge on any atom is 0.261 e. The third-order valence-corrected chi connectivity index (χ3v) is 5.00. The molecule has 0 aliphatic carbocycles. The van der Waals surface area contributed by atoms with Crippen LogP contribution in [0.5, 0.6) is 5.75 Å². The summed E-state index contributed by atoms with van der Waals surface area (Å²) in [5, 5.41) is 3.52. The number of nitrogens with one attached hydrogen (secondary N) is 1. The van der Waals surface area contributed by atoms with Crippen molar-refractivity contribution in [3.05, 3.63) is 64.7 Å². The molecule has 29 heavy (non-hydrogen) atoms. The molecular weight excluding hydrogens is 388 g/mol. The summed E-state index contributed by atoms with van der Waals surface area (Å²) < 4.78 is 5.67. The number of ether oxygens (including phenoxy) is 1. The molecule has 0 radical (unpaired) electrons. The van der Waals surface area contributed by atoms with Crippen molar-refractivity contribution in [3.8, 4) is 5.75 Å². The maximum atomic E-state index is 12.9. The molecule has 156 valence electrons. The van der Waals surface area contributed by atoms with E-state index < -0.39 is 6.04 Å². The summed E-state index contributed by atoms with van der Waals surface area (Å²) in [7, 11) is 0. The van der Waals surface area contributed by atoms with Crippen LogP contribution >= 0.6 is 11.6 Å². The van der Waals surface area contributed by atoms with E-state index in [4.69, 9.17) is 16.3 Å². The molecule has 1 atom stereocenters. The van der Waals surface area contributed by atoms with Crippen LogP contribution in [0.2, 0.25) is 5.02 Å². The summed E-state index contributed by atoms with van der Waals surface area (Å²) in [5.74, 6) is 0.159. The van der Waals surface area contributed by atoms with Crippen molar-refractivity contribution in [2.24, 2.45) is 0 Å². The Bertz CT molecular complexity index is 824. The van der Waals surface area contributed by atoms with Crippen molar-refractivity contribution in [1.82, 2.24) is 10.2 Å². The van der Waals surface area contributed by atoms with Gasteiger partial charge in [-0.2, -0.15) is 0 Å². The van der Waals surface area contributed by atoms with Gasteiger partial charge in [-0.25, -0.2) is 0 Å². The summed E-state index contributed by atoms with van der Waals surface area (Å²) >= 11 is 6.04. The van der Waals surface area contributed by atoms with Crippen molar-refractivity contribution in [2.75, 3.05) is 13.2 Å². The number of aryl methyl sites for hydroxylation is 1. The Balaban J connectivity index is 2.07. The third-order valence-electron chi connectivity index (χ3n) is 4.57. The van der Waals surface area contributed by atoms with Gasteiger partial charge in [0.25, 0.3) is 5.91 Å². The van der Waals surface area contributed by atoms with E-state index in [1.54, 1.807) is 30.0 Å². The van der Waals surface area contributed by atoms with Gasteiger partial charge in [0.05, 0.1) is 0 Å². The molecule has 0 saturated heterocycles. The standard InChI is InChI=1S/C23H29ClN2O3/c1-16(2)25-23(28)18(4)26(13-12-19-8-6-5-7-9-19)22(27)15-29-20-10-11-21(24)17(3)14-20/h5-11,14,16,18H,12-13,15H2,1-4H3,(H,25,28)/t18-/m1/s1. The number of carbonyl (C=O) groups excluding carboxylic acids is 2. The van der Waals surface area contributed by atoms with Gasteiger partial charge in [-0.3, -0.25) is 9.59 Å². The van der Waals surface area contributed by atoms with Gasteiger partial charge in [-0.05, 0) is 63.4 Å². The Hall–Kier alpha value is -2.53. The molecule has 0 aromatic heterocycles. The summed E-state index contributed by atoms with van der Waals surface area (Å²) in [6.45, 7) is 7.70. The number of amides is 2. The first-order valence-corrected chi connectivity index (χ1v) is 10.2. The second-order valence-corrected chi connectivity index (χ2v) is 7.77. The van der Waals surface area contributed by atoms with Gasteiger partial charge >= 0.3 is 0 Å². The topological polar surface area (TPSA) is 58.6 Å². The fraction of sp³-hybridized carbons (Fsp3) is 0.391. The molecule has 0 spiro atoms. The van der Waals surface area contributed by atoms with Gasteiger partial charge in [-0.1, -0.05) is 41.9 Å². The van der Waals surface area contributed by atoms with Crippen LogP contribution < -0.4 is 10.1 Å². The van der Waals surface area contributed by atoms with Crippen LogP contribution in [0.25, 0.3) is 0 Å². The normalized spacial score (nSPS) is 11.8. The highest BCUT2D eigenvalue weighted by molar-refractivity contribution is 6.31. The molecule has 2 aromatic carbocycles. The lowest BCUT2D eigenvalue weighted by molar-refractivity contribution is -0.141. The SMILES string of the molecule is Cc1cc(OCC(=O)N(CCc2ccccc2)[C@H](C)C(=O)NC(C)C)ccc1Cl. The summed E-state index contributed by atoms with van der Waals surface area (Å²) in [6, 6.07) is 14.6. The molecule has 0 unspecified atom stereocenters. The molecule has 0 saturated carbocycles. The second kappa shape index (κ2) is 10.9. The zero-order chi connectivity index (χ0) is 21.4. The Kier molecular flexibility index (Phi) is 8.52. The average molecular weight is 417 g/mol. The molecular formula is C23H29ClN2O3. The van der Waals surface area contributed by atoms with Crippen molar-refractivity contribution < 1.29 is 14.3 Å². The zero-order valence-electron chi connectivity index (χ0n) is 17.4. The fourth-order valence-corrected chi connectivity index (χ4v) is 3.03. The highest BCUT2D eigenvalue weighted by Gasteiger charge is 2.26. The van der Waals surface area contributed by atoms with Gasteiger partial charge in [0, 0.05) is 17.6 Å².